The van der Waals surface area contributed by atoms with E-state index in [1.807, 2.05) is 24.3 Å². The molecule has 0 spiro atoms. The van der Waals surface area contributed by atoms with E-state index >= 15 is 0 Å². The first-order valence-electron chi connectivity index (χ1n) is 10.1. The van der Waals surface area contributed by atoms with Crippen molar-refractivity contribution in [2.24, 2.45) is 0 Å². The van der Waals surface area contributed by atoms with Crippen LogP contribution in [0.3, 0.4) is 0 Å². The summed E-state index contributed by atoms with van der Waals surface area (Å²) in [5.41, 5.74) is 2.17. The van der Waals surface area contributed by atoms with Crippen LogP contribution < -0.4 is 14.9 Å². The fourth-order valence-electron chi connectivity index (χ4n) is 3.40. The normalized spacial score (nSPS) is 14.8. The molecule has 0 bridgehead atoms. The number of nitrogens with one attached hydrogen (secondary N) is 2. The summed E-state index contributed by atoms with van der Waals surface area (Å²) in [5.74, 6) is -0.602. The molecule has 8 heteroatoms. The second kappa shape index (κ2) is 9.86. The van der Waals surface area contributed by atoms with Crippen LogP contribution in [0.15, 0.2) is 53.4 Å². The highest BCUT2D eigenvalue weighted by Crippen LogP contribution is 2.21. The van der Waals surface area contributed by atoms with E-state index in [1.54, 1.807) is 0 Å². The third-order valence-corrected chi connectivity index (χ3v) is 6.53. The molecule has 0 atom stereocenters. The van der Waals surface area contributed by atoms with Gasteiger partial charge in [-0.15, -0.1) is 0 Å². The first-order valence-corrected chi connectivity index (χ1v) is 11.6. The largest absolute Gasteiger partial charge is 0.372 e. The van der Waals surface area contributed by atoms with Crippen molar-refractivity contribution >= 4 is 33.1 Å². The number of Topliss-reactive ketones (excluding diaryl/α,β-unsaturated/α-hetero) is 1. The molecule has 0 aliphatic carbocycles. The van der Waals surface area contributed by atoms with Gasteiger partial charge in [0.15, 0.2) is 5.78 Å². The van der Waals surface area contributed by atoms with E-state index in [4.69, 9.17) is 0 Å². The van der Waals surface area contributed by atoms with Crippen molar-refractivity contribution in [1.82, 2.24) is 4.72 Å². The Morgan fingerprint density at radius 1 is 0.900 bits per heavy atom. The molecule has 2 aromatic rings. The fourth-order valence-corrected chi connectivity index (χ4v) is 4.38. The van der Waals surface area contributed by atoms with E-state index < -0.39 is 15.9 Å². The van der Waals surface area contributed by atoms with Gasteiger partial charge in [-0.2, -0.15) is 0 Å². The number of anilines is 2. The van der Waals surface area contributed by atoms with Gasteiger partial charge >= 0.3 is 0 Å². The van der Waals surface area contributed by atoms with E-state index in [0.717, 1.165) is 18.8 Å². The molecule has 7 nitrogen and oxygen atoms in total. The molecular weight excluding hydrogens is 402 g/mol. The van der Waals surface area contributed by atoms with Crippen molar-refractivity contribution in [3.63, 3.8) is 0 Å². The Balaban J connectivity index is 1.54. The summed E-state index contributed by atoms with van der Waals surface area (Å²) in [5, 5.41) is 2.70. The minimum atomic E-state index is -3.84. The summed E-state index contributed by atoms with van der Waals surface area (Å²) in [7, 11) is -3.84. The maximum atomic E-state index is 12.3. The molecule has 1 amide bonds. The Morgan fingerprint density at radius 2 is 1.50 bits per heavy atom. The summed E-state index contributed by atoms with van der Waals surface area (Å²) < 4.78 is 27.0. The molecule has 1 fully saturated rings. The number of hydrogen-bond donors (Lipinski definition) is 2. The third-order valence-electron chi connectivity index (χ3n) is 5.12. The molecule has 1 aliphatic rings. The number of rotatable bonds is 7. The van der Waals surface area contributed by atoms with Crippen LogP contribution in [-0.2, 0) is 14.8 Å². The lowest BCUT2D eigenvalue weighted by molar-refractivity contribution is -0.115. The predicted molar refractivity (Wildman–Crippen MR) is 117 cm³/mol. The Kier molecular flexibility index (Phi) is 7.23. The lowest BCUT2D eigenvalue weighted by Gasteiger charge is -2.22. The van der Waals surface area contributed by atoms with Crippen molar-refractivity contribution in [2.45, 2.75) is 37.5 Å². The first kappa shape index (κ1) is 22.0. The number of nitrogens with zero attached hydrogens (tertiary/aromatic N) is 1. The molecule has 0 unspecified atom stereocenters. The maximum Gasteiger partial charge on any atom is 0.241 e. The van der Waals surface area contributed by atoms with Gasteiger partial charge in [-0.1, -0.05) is 25.0 Å². The Bertz CT molecular complexity index is 978. The molecule has 30 heavy (non-hydrogen) atoms. The Morgan fingerprint density at radius 3 is 2.07 bits per heavy atom. The summed E-state index contributed by atoms with van der Waals surface area (Å²) >= 11 is 0. The van der Waals surface area contributed by atoms with Gasteiger partial charge in [0, 0.05) is 30.0 Å². The van der Waals surface area contributed by atoms with Gasteiger partial charge in [-0.05, 0) is 56.2 Å². The zero-order valence-corrected chi connectivity index (χ0v) is 17.9. The van der Waals surface area contributed by atoms with Crippen LogP contribution in [0.25, 0.3) is 0 Å². The first-order chi connectivity index (χ1) is 14.3. The molecule has 1 saturated heterocycles. The fraction of sp³-hybridized carbons (Fsp3) is 0.364. The smallest absolute Gasteiger partial charge is 0.241 e. The van der Waals surface area contributed by atoms with Crippen LogP contribution in [-0.4, -0.2) is 39.7 Å². The van der Waals surface area contributed by atoms with Gasteiger partial charge in [0.1, 0.15) is 0 Å². The molecule has 3 rings (SSSR count). The lowest BCUT2D eigenvalue weighted by atomic mass is 10.2. The number of carbonyl (C=O) groups is 2. The number of sulfonamides is 1. The summed E-state index contributed by atoms with van der Waals surface area (Å²) in [6, 6.07) is 13.2. The topological polar surface area (TPSA) is 95.6 Å². The van der Waals surface area contributed by atoms with Gasteiger partial charge < -0.3 is 10.2 Å². The van der Waals surface area contributed by atoms with Crippen molar-refractivity contribution in [3.8, 4) is 0 Å². The average Bonchev–Trinajstić information content (AvgIpc) is 3.03. The third kappa shape index (κ3) is 5.90. The second-order valence-electron chi connectivity index (χ2n) is 7.40. The minimum Gasteiger partial charge on any atom is -0.372 e. The quantitative estimate of drug-likeness (QED) is 0.659. The molecule has 1 heterocycles. The highest BCUT2D eigenvalue weighted by atomic mass is 32.2. The Labute approximate surface area is 177 Å². The maximum absolute atomic E-state index is 12.3. The van der Waals surface area contributed by atoms with Gasteiger partial charge in [0.2, 0.25) is 15.9 Å². The second-order valence-corrected chi connectivity index (χ2v) is 9.17. The summed E-state index contributed by atoms with van der Waals surface area (Å²) in [4.78, 5) is 25.8. The molecule has 0 radical (unpaired) electrons. The Hall–Kier alpha value is -2.71. The summed E-state index contributed by atoms with van der Waals surface area (Å²) in [6.45, 7) is 3.11. The lowest BCUT2D eigenvalue weighted by Crippen LogP contribution is -2.33. The van der Waals surface area contributed by atoms with Crippen molar-refractivity contribution in [1.29, 1.82) is 0 Å². The SMILES string of the molecule is CC(=O)c1ccc(S(=O)(=O)NCC(=O)Nc2ccc(N3CCCCCC3)cc2)cc1. The standard InChI is InChI=1S/C22H27N3O4S/c1-17(26)18-6-12-21(13-7-18)30(28,29)23-16-22(27)24-19-8-10-20(11-9-19)25-14-4-2-3-5-15-25/h6-13,23H,2-5,14-16H2,1H3,(H,24,27). The van der Waals surface area contributed by atoms with Crippen molar-refractivity contribution < 1.29 is 18.0 Å². The van der Waals surface area contributed by atoms with Gasteiger partial charge in [0.25, 0.3) is 0 Å². The molecule has 2 N–H and O–H groups in total. The zero-order valence-electron chi connectivity index (χ0n) is 17.1. The van der Waals surface area contributed by atoms with E-state index in [0.29, 0.717) is 11.3 Å². The van der Waals surface area contributed by atoms with Crippen LogP contribution in [0.5, 0.6) is 0 Å². The van der Waals surface area contributed by atoms with Crippen LogP contribution >= 0.6 is 0 Å². The highest BCUT2D eigenvalue weighted by molar-refractivity contribution is 7.89. The average molecular weight is 430 g/mol. The van der Waals surface area contributed by atoms with Crippen molar-refractivity contribution in [3.05, 3.63) is 54.1 Å². The van der Waals surface area contributed by atoms with Crippen LogP contribution in [0, 0.1) is 0 Å². The monoisotopic (exact) mass is 429 g/mol. The van der Waals surface area contributed by atoms with E-state index in [1.165, 1.54) is 56.9 Å². The van der Waals surface area contributed by atoms with Crippen LogP contribution in [0.1, 0.15) is 43.0 Å². The summed E-state index contributed by atoms with van der Waals surface area (Å²) in [6.07, 6.45) is 4.91. The number of ketones is 1. The highest BCUT2D eigenvalue weighted by Gasteiger charge is 2.16. The van der Waals surface area contributed by atoms with Gasteiger partial charge in [0.05, 0.1) is 11.4 Å². The van der Waals surface area contributed by atoms with Gasteiger partial charge in [-0.3, -0.25) is 9.59 Å². The van der Waals surface area contributed by atoms with Crippen LogP contribution in [0.4, 0.5) is 11.4 Å². The molecule has 160 valence electrons. The minimum absolute atomic E-state index is 0.00195. The van der Waals surface area contributed by atoms with Gasteiger partial charge in [-0.25, -0.2) is 13.1 Å². The number of hydrogen-bond acceptors (Lipinski definition) is 5. The van der Waals surface area contributed by atoms with E-state index in [2.05, 4.69) is 14.9 Å². The van der Waals surface area contributed by atoms with Crippen LogP contribution in [0.2, 0.25) is 0 Å². The molecule has 0 saturated carbocycles. The van der Waals surface area contributed by atoms with E-state index in [-0.39, 0.29) is 17.2 Å². The van der Waals surface area contributed by atoms with E-state index in [9.17, 15) is 18.0 Å². The molecular formula is C22H27N3O4S. The number of carbonyl (C=O) groups excluding carboxylic acids is 2. The predicted octanol–water partition coefficient (Wildman–Crippen LogP) is 3.19. The van der Waals surface area contributed by atoms with Crippen molar-refractivity contribution in [2.75, 3.05) is 29.9 Å². The number of amides is 1. The zero-order chi connectivity index (χ0) is 21.6. The number of benzene rings is 2. The molecule has 2 aromatic carbocycles. The molecule has 0 aromatic heterocycles. The molecule has 1 aliphatic heterocycles.